The number of hydrogen-bond acceptors (Lipinski definition) is 7. The number of rotatable bonds is 3. The molecule has 2 aromatic heterocycles. The number of hydrogen-bond donors (Lipinski definition) is 2. The zero-order valence-corrected chi connectivity index (χ0v) is 11.0. The van der Waals surface area contributed by atoms with E-state index in [-0.39, 0.29) is 29.4 Å². The number of esters is 1. The van der Waals surface area contributed by atoms with Gasteiger partial charge in [-0.3, -0.25) is 9.48 Å². The molecule has 0 aliphatic carbocycles. The monoisotopic (exact) mass is 278 g/mol. The summed E-state index contributed by atoms with van der Waals surface area (Å²) in [6.45, 7) is 1.87. The van der Waals surface area contributed by atoms with Gasteiger partial charge in [0, 0.05) is 7.05 Å². The van der Waals surface area contributed by atoms with Crippen LogP contribution in [0.25, 0.3) is 0 Å². The van der Waals surface area contributed by atoms with Crippen molar-refractivity contribution < 1.29 is 14.3 Å². The van der Waals surface area contributed by atoms with Gasteiger partial charge in [-0.15, -0.1) is 0 Å². The van der Waals surface area contributed by atoms with Gasteiger partial charge in [-0.25, -0.2) is 4.79 Å². The Balaban J connectivity index is 2.37. The number of carbonyl (C=O) groups excluding carboxylic acids is 2. The summed E-state index contributed by atoms with van der Waals surface area (Å²) in [5.74, 6) is -1.12. The predicted octanol–water partition coefficient (Wildman–Crippen LogP) is -0.354. The van der Waals surface area contributed by atoms with Crippen LogP contribution in [-0.2, 0) is 11.8 Å². The smallest absolute Gasteiger partial charge is 0.343 e. The number of aromatic nitrogens is 4. The van der Waals surface area contributed by atoms with E-state index in [1.54, 1.807) is 14.0 Å². The fourth-order valence-electron chi connectivity index (χ4n) is 1.61. The van der Waals surface area contributed by atoms with Crippen molar-refractivity contribution in [2.24, 2.45) is 7.05 Å². The Morgan fingerprint density at radius 2 is 1.85 bits per heavy atom. The molecule has 0 unspecified atom stereocenters. The lowest BCUT2D eigenvalue weighted by Crippen LogP contribution is -2.18. The van der Waals surface area contributed by atoms with Crippen LogP contribution < -0.4 is 11.5 Å². The molecule has 0 aliphatic rings. The molecule has 4 N–H and O–H groups in total. The van der Waals surface area contributed by atoms with Gasteiger partial charge in [0.05, 0.1) is 19.0 Å². The molecule has 9 heteroatoms. The largest absolute Gasteiger partial charge is 0.462 e. The van der Waals surface area contributed by atoms with Crippen LogP contribution in [0, 0.1) is 0 Å². The van der Waals surface area contributed by atoms with Crippen molar-refractivity contribution in [1.29, 1.82) is 0 Å². The lowest BCUT2D eigenvalue weighted by atomic mass is 10.3. The third kappa shape index (κ3) is 2.09. The van der Waals surface area contributed by atoms with Gasteiger partial charge in [0.25, 0.3) is 5.91 Å². The quantitative estimate of drug-likeness (QED) is 0.733. The minimum atomic E-state index is -0.636. The molecule has 2 rings (SSSR count). The number of nitrogens with zero attached hydrogens (tertiary/aromatic N) is 4. The number of aryl methyl sites for hydroxylation is 1. The maximum absolute atomic E-state index is 12.2. The summed E-state index contributed by atoms with van der Waals surface area (Å²) in [6, 6.07) is 0. The standard InChI is InChI=1S/C11H14N6O3/c1-3-20-11(19)7-5-15-17(9(7)13)10(18)6-4-14-16(2)8(6)12/h4-5H,3,12-13H2,1-2H3. The van der Waals surface area contributed by atoms with Crippen molar-refractivity contribution in [3.05, 3.63) is 23.5 Å². The van der Waals surface area contributed by atoms with Crippen LogP contribution in [0.5, 0.6) is 0 Å². The molecule has 106 valence electrons. The first-order chi connectivity index (χ1) is 9.47. The first-order valence-corrected chi connectivity index (χ1v) is 5.80. The van der Waals surface area contributed by atoms with E-state index >= 15 is 0 Å². The number of anilines is 2. The lowest BCUT2D eigenvalue weighted by Gasteiger charge is -2.03. The molecular weight excluding hydrogens is 264 g/mol. The van der Waals surface area contributed by atoms with E-state index in [0.717, 1.165) is 4.68 Å². The van der Waals surface area contributed by atoms with Gasteiger partial charge in [-0.05, 0) is 6.92 Å². The molecule has 0 aliphatic heterocycles. The van der Waals surface area contributed by atoms with Gasteiger partial charge in [-0.2, -0.15) is 14.9 Å². The third-order valence-corrected chi connectivity index (χ3v) is 2.71. The molecule has 0 atom stereocenters. The van der Waals surface area contributed by atoms with Gasteiger partial charge in [-0.1, -0.05) is 0 Å². The summed E-state index contributed by atoms with van der Waals surface area (Å²) in [5, 5.41) is 7.66. The first-order valence-electron chi connectivity index (χ1n) is 5.80. The summed E-state index contributed by atoms with van der Waals surface area (Å²) in [7, 11) is 1.60. The highest BCUT2D eigenvalue weighted by molar-refractivity contribution is 6.03. The van der Waals surface area contributed by atoms with E-state index in [9.17, 15) is 9.59 Å². The Kier molecular flexibility index (Phi) is 3.42. The fraction of sp³-hybridized carbons (Fsp3) is 0.273. The Bertz CT molecular complexity index is 672. The number of nitrogen functional groups attached to an aromatic ring is 2. The molecule has 0 spiro atoms. The summed E-state index contributed by atoms with van der Waals surface area (Å²) >= 11 is 0. The van der Waals surface area contributed by atoms with E-state index in [1.807, 2.05) is 0 Å². The SMILES string of the molecule is CCOC(=O)c1cnn(C(=O)c2cnn(C)c2N)c1N. The van der Waals surface area contributed by atoms with Crippen LogP contribution in [0.1, 0.15) is 27.6 Å². The Morgan fingerprint density at radius 1 is 1.20 bits per heavy atom. The fourth-order valence-corrected chi connectivity index (χ4v) is 1.61. The molecule has 2 heterocycles. The van der Waals surface area contributed by atoms with Gasteiger partial charge in [0.1, 0.15) is 22.8 Å². The molecule has 0 saturated heterocycles. The lowest BCUT2D eigenvalue weighted by molar-refractivity contribution is 0.0527. The Labute approximate surface area is 114 Å². The molecule has 0 aromatic carbocycles. The maximum atomic E-state index is 12.2. The van der Waals surface area contributed by atoms with Crippen molar-refractivity contribution in [3.63, 3.8) is 0 Å². The highest BCUT2D eigenvalue weighted by atomic mass is 16.5. The van der Waals surface area contributed by atoms with Crippen LogP contribution in [0.3, 0.4) is 0 Å². The number of ether oxygens (including phenoxy) is 1. The van der Waals surface area contributed by atoms with Crippen molar-refractivity contribution in [2.75, 3.05) is 18.1 Å². The number of nitrogens with two attached hydrogens (primary N) is 2. The summed E-state index contributed by atoms with van der Waals surface area (Å²) in [4.78, 5) is 23.8. The minimum Gasteiger partial charge on any atom is -0.462 e. The number of carbonyl (C=O) groups is 2. The van der Waals surface area contributed by atoms with Crippen molar-refractivity contribution in [3.8, 4) is 0 Å². The van der Waals surface area contributed by atoms with E-state index in [0.29, 0.717) is 0 Å². The predicted molar refractivity (Wildman–Crippen MR) is 69.9 cm³/mol. The molecule has 0 bridgehead atoms. The van der Waals surface area contributed by atoms with Crippen molar-refractivity contribution >= 4 is 23.5 Å². The summed E-state index contributed by atoms with van der Waals surface area (Å²) in [6.07, 6.45) is 2.49. The van der Waals surface area contributed by atoms with Gasteiger partial charge in [0.15, 0.2) is 0 Å². The highest BCUT2D eigenvalue weighted by Crippen LogP contribution is 2.17. The van der Waals surface area contributed by atoms with Crippen LogP contribution in [0.2, 0.25) is 0 Å². The molecular formula is C11H14N6O3. The average molecular weight is 278 g/mol. The second-order valence-corrected chi connectivity index (χ2v) is 3.95. The highest BCUT2D eigenvalue weighted by Gasteiger charge is 2.23. The molecule has 20 heavy (non-hydrogen) atoms. The minimum absolute atomic E-state index is 0.0302. The first kappa shape index (κ1) is 13.6. The van der Waals surface area contributed by atoms with E-state index in [4.69, 9.17) is 16.2 Å². The van der Waals surface area contributed by atoms with E-state index in [1.165, 1.54) is 17.1 Å². The molecule has 0 saturated carbocycles. The second kappa shape index (κ2) is 5.03. The normalized spacial score (nSPS) is 10.5. The van der Waals surface area contributed by atoms with Crippen molar-refractivity contribution in [1.82, 2.24) is 19.6 Å². The van der Waals surface area contributed by atoms with Crippen molar-refractivity contribution in [2.45, 2.75) is 6.92 Å². The van der Waals surface area contributed by atoms with Crippen LogP contribution >= 0.6 is 0 Å². The molecule has 0 fully saturated rings. The molecule has 0 amide bonds. The third-order valence-electron chi connectivity index (χ3n) is 2.71. The summed E-state index contributed by atoms with van der Waals surface area (Å²) in [5.41, 5.74) is 11.6. The molecule has 0 radical (unpaired) electrons. The van der Waals surface area contributed by atoms with E-state index < -0.39 is 11.9 Å². The average Bonchev–Trinajstić information content (AvgIpc) is 2.94. The summed E-state index contributed by atoms with van der Waals surface area (Å²) < 4.78 is 7.05. The van der Waals surface area contributed by atoms with Crippen LogP contribution in [0.15, 0.2) is 12.4 Å². The Morgan fingerprint density at radius 3 is 2.40 bits per heavy atom. The molecule has 9 nitrogen and oxygen atoms in total. The molecule has 2 aromatic rings. The topological polar surface area (TPSA) is 131 Å². The van der Waals surface area contributed by atoms with Gasteiger partial charge >= 0.3 is 5.97 Å². The second-order valence-electron chi connectivity index (χ2n) is 3.95. The van der Waals surface area contributed by atoms with Crippen LogP contribution in [-0.4, -0.2) is 38.0 Å². The Hall–Kier alpha value is -2.84. The zero-order valence-electron chi connectivity index (χ0n) is 11.0. The van der Waals surface area contributed by atoms with Gasteiger partial charge in [0.2, 0.25) is 0 Å². The van der Waals surface area contributed by atoms with Crippen LogP contribution in [0.4, 0.5) is 11.6 Å². The zero-order chi connectivity index (χ0) is 14.9. The van der Waals surface area contributed by atoms with Gasteiger partial charge < -0.3 is 16.2 Å². The maximum Gasteiger partial charge on any atom is 0.343 e. The van der Waals surface area contributed by atoms with E-state index in [2.05, 4.69) is 10.2 Å².